The highest BCUT2D eigenvalue weighted by Crippen LogP contribution is 2.43. The number of esters is 1. The molecule has 0 aromatic heterocycles. The number of aromatic hydroxyl groups is 1. The first-order chi connectivity index (χ1) is 8.08. The van der Waals surface area contributed by atoms with Crippen LogP contribution in [0.2, 0.25) is 0 Å². The molecule has 1 heterocycles. The molecule has 0 amide bonds. The predicted molar refractivity (Wildman–Crippen MR) is 62.3 cm³/mol. The molecule has 4 heteroatoms. The van der Waals surface area contributed by atoms with Crippen LogP contribution in [-0.2, 0) is 9.53 Å². The molecule has 2 atom stereocenters. The fourth-order valence-electron chi connectivity index (χ4n) is 2.22. The summed E-state index contributed by atoms with van der Waals surface area (Å²) in [6, 6.07) is 3.44. The van der Waals surface area contributed by atoms with Gasteiger partial charge in [-0.1, -0.05) is 6.92 Å². The SMILES string of the molecule is CCC1c2cc(O)c(C)cc2OC1C(=O)OC. The zero-order valence-electron chi connectivity index (χ0n) is 10.2. The van der Waals surface area contributed by atoms with Crippen molar-refractivity contribution in [2.24, 2.45) is 0 Å². The molecule has 0 saturated carbocycles. The number of carbonyl (C=O) groups is 1. The first kappa shape index (κ1) is 11.8. The summed E-state index contributed by atoms with van der Waals surface area (Å²) in [5.41, 5.74) is 1.62. The Labute approximate surface area is 100 Å². The van der Waals surface area contributed by atoms with Crippen LogP contribution in [0.1, 0.15) is 30.4 Å². The van der Waals surface area contributed by atoms with Crippen LogP contribution in [-0.4, -0.2) is 24.3 Å². The van der Waals surface area contributed by atoms with Crippen LogP contribution in [0.15, 0.2) is 12.1 Å². The molecule has 1 aromatic rings. The second-order valence-corrected chi connectivity index (χ2v) is 4.25. The summed E-state index contributed by atoms with van der Waals surface area (Å²) >= 11 is 0. The maximum atomic E-state index is 11.6. The highest BCUT2D eigenvalue weighted by Gasteiger charge is 2.39. The third kappa shape index (κ3) is 1.84. The van der Waals surface area contributed by atoms with Crippen molar-refractivity contribution in [3.05, 3.63) is 23.3 Å². The summed E-state index contributed by atoms with van der Waals surface area (Å²) in [6.07, 6.45) is 0.163. The molecule has 0 radical (unpaired) electrons. The van der Waals surface area contributed by atoms with Crippen molar-refractivity contribution in [1.82, 2.24) is 0 Å². The summed E-state index contributed by atoms with van der Waals surface area (Å²) < 4.78 is 10.3. The molecule has 2 rings (SSSR count). The van der Waals surface area contributed by atoms with E-state index in [1.807, 2.05) is 6.92 Å². The van der Waals surface area contributed by atoms with Crippen molar-refractivity contribution in [1.29, 1.82) is 0 Å². The summed E-state index contributed by atoms with van der Waals surface area (Å²) in [4.78, 5) is 11.6. The quantitative estimate of drug-likeness (QED) is 0.799. The number of phenolic OH excluding ortho intramolecular Hbond substituents is 1. The minimum atomic E-state index is -0.596. The monoisotopic (exact) mass is 236 g/mol. The van der Waals surface area contributed by atoms with E-state index in [2.05, 4.69) is 0 Å². The standard InChI is InChI=1S/C13H16O4/c1-4-8-9-6-10(14)7(2)5-11(9)17-12(8)13(15)16-3/h5-6,8,12,14H,4H2,1-3H3. The highest BCUT2D eigenvalue weighted by atomic mass is 16.6. The molecule has 4 nitrogen and oxygen atoms in total. The lowest BCUT2D eigenvalue weighted by atomic mass is 9.92. The minimum Gasteiger partial charge on any atom is -0.508 e. The molecule has 0 spiro atoms. The van der Waals surface area contributed by atoms with Crippen LogP contribution in [0, 0.1) is 6.92 Å². The van der Waals surface area contributed by atoms with Gasteiger partial charge in [0.2, 0.25) is 6.10 Å². The normalized spacial score (nSPS) is 21.8. The van der Waals surface area contributed by atoms with Gasteiger partial charge in [0.15, 0.2) is 0 Å². The van der Waals surface area contributed by atoms with Gasteiger partial charge < -0.3 is 14.6 Å². The number of fused-ring (bicyclic) bond motifs is 1. The van der Waals surface area contributed by atoms with Crippen LogP contribution in [0.5, 0.6) is 11.5 Å². The lowest BCUT2D eigenvalue weighted by Crippen LogP contribution is -2.29. The molecular weight excluding hydrogens is 220 g/mol. The van der Waals surface area contributed by atoms with E-state index in [4.69, 9.17) is 9.47 Å². The summed E-state index contributed by atoms with van der Waals surface area (Å²) in [7, 11) is 1.35. The number of aryl methyl sites for hydroxylation is 1. The van der Waals surface area contributed by atoms with Crippen LogP contribution in [0.25, 0.3) is 0 Å². The molecule has 1 N–H and O–H groups in total. The van der Waals surface area contributed by atoms with Crippen molar-refractivity contribution in [2.75, 3.05) is 7.11 Å². The molecule has 1 aliphatic heterocycles. The molecule has 1 aliphatic rings. The number of ether oxygens (including phenoxy) is 2. The number of benzene rings is 1. The van der Waals surface area contributed by atoms with Crippen LogP contribution in [0.4, 0.5) is 0 Å². The number of carbonyl (C=O) groups excluding carboxylic acids is 1. The molecule has 1 aromatic carbocycles. The molecular formula is C13H16O4. The Hall–Kier alpha value is -1.71. The van der Waals surface area contributed by atoms with Gasteiger partial charge >= 0.3 is 5.97 Å². The molecule has 0 saturated heterocycles. The fourth-order valence-corrected chi connectivity index (χ4v) is 2.22. The van der Waals surface area contributed by atoms with E-state index in [-0.39, 0.29) is 17.6 Å². The van der Waals surface area contributed by atoms with Gasteiger partial charge in [-0.25, -0.2) is 4.79 Å². The van der Waals surface area contributed by atoms with Gasteiger partial charge in [-0.3, -0.25) is 0 Å². The summed E-state index contributed by atoms with van der Waals surface area (Å²) in [5.74, 6) is 0.480. The van der Waals surface area contributed by atoms with E-state index < -0.39 is 6.10 Å². The second kappa shape index (κ2) is 4.28. The number of phenols is 1. The predicted octanol–water partition coefficient (Wildman–Crippen LogP) is 2.13. The van der Waals surface area contributed by atoms with Gasteiger partial charge in [-0.15, -0.1) is 0 Å². The van der Waals surface area contributed by atoms with Crippen molar-refractivity contribution < 1.29 is 19.4 Å². The average Bonchev–Trinajstić information content (AvgIpc) is 2.66. The van der Waals surface area contributed by atoms with Crippen molar-refractivity contribution in [3.8, 4) is 11.5 Å². The van der Waals surface area contributed by atoms with Crippen molar-refractivity contribution >= 4 is 5.97 Å². The Morgan fingerprint density at radius 3 is 2.82 bits per heavy atom. The third-order valence-electron chi connectivity index (χ3n) is 3.22. The number of hydrogen-bond donors (Lipinski definition) is 1. The van der Waals surface area contributed by atoms with Gasteiger partial charge in [0.05, 0.1) is 7.11 Å². The van der Waals surface area contributed by atoms with E-state index >= 15 is 0 Å². The molecule has 17 heavy (non-hydrogen) atoms. The maximum Gasteiger partial charge on any atom is 0.347 e. The Kier molecular flexibility index (Phi) is 2.96. The van der Waals surface area contributed by atoms with Crippen molar-refractivity contribution in [2.45, 2.75) is 32.3 Å². The van der Waals surface area contributed by atoms with E-state index in [1.165, 1.54) is 7.11 Å². The lowest BCUT2D eigenvalue weighted by Gasteiger charge is -2.14. The van der Waals surface area contributed by atoms with E-state index in [0.717, 1.165) is 17.5 Å². The molecule has 0 fully saturated rings. The molecule has 0 bridgehead atoms. The van der Waals surface area contributed by atoms with Gasteiger partial charge in [0, 0.05) is 11.5 Å². The van der Waals surface area contributed by atoms with E-state index in [0.29, 0.717) is 5.75 Å². The number of hydrogen-bond acceptors (Lipinski definition) is 4. The Morgan fingerprint density at radius 1 is 1.53 bits per heavy atom. The number of rotatable bonds is 2. The topological polar surface area (TPSA) is 55.8 Å². The molecule has 2 unspecified atom stereocenters. The van der Waals surface area contributed by atoms with Crippen LogP contribution >= 0.6 is 0 Å². The second-order valence-electron chi connectivity index (χ2n) is 4.25. The smallest absolute Gasteiger partial charge is 0.347 e. The third-order valence-corrected chi connectivity index (χ3v) is 3.22. The van der Waals surface area contributed by atoms with E-state index in [9.17, 15) is 9.90 Å². The first-order valence-corrected chi connectivity index (χ1v) is 5.66. The largest absolute Gasteiger partial charge is 0.508 e. The van der Waals surface area contributed by atoms with Crippen LogP contribution < -0.4 is 4.74 Å². The lowest BCUT2D eigenvalue weighted by molar-refractivity contribution is -0.148. The van der Waals surface area contributed by atoms with Crippen LogP contribution in [0.3, 0.4) is 0 Å². The molecule has 0 aliphatic carbocycles. The van der Waals surface area contributed by atoms with E-state index in [1.54, 1.807) is 19.1 Å². The first-order valence-electron chi connectivity index (χ1n) is 5.66. The zero-order chi connectivity index (χ0) is 12.6. The zero-order valence-corrected chi connectivity index (χ0v) is 10.2. The summed E-state index contributed by atoms with van der Waals surface area (Å²) in [6.45, 7) is 3.78. The Balaban J connectivity index is 2.41. The Bertz CT molecular complexity index is 453. The van der Waals surface area contributed by atoms with Gasteiger partial charge in [0.1, 0.15) is 11.5 Å². The average molecular weight is 236 g/mol. The maximum absolute atomic E-state index is 11.6. The minimum absolute atomic E-state index is 0.0519. The number of methoxy groups -OCH3 is 1. The fraction of sp³-hybridized carbons (Fsp3) is 0.462. The molecule has 92 valence electrons. The Morgan fingerprint density at radius 2 is 2.24 bits per heavy atom. The highest BCUT2D eigenvalue weighted by molar-refractivity contribution is 5.78. The summed E-state index contributed by atoms with van der Waals surface area (Å²) in [5, 5.41) is 9.71. The van der Waals surface area contributed by atoms with Gasteiger partial charge in [0.25, 0.3) is 0 Å². The van der Waals surface area contributed by atoms with Gasteiger partial charge in [-0.05, 0) is 31.0 Å². The van der Waals surface area contributed by atoms with Crippen molar-refractivity contribution in [3.63, 3.8) is 0 Å². The van der Waals surface area contributed by atoms with Gasteiger partial charge in [-0.2, -0.15) is 0 Å².